The van der Waals surface area contributed by atoms with Gasteiger partial charge in [0, 0.05) is 60.3 Å². The Labute approximate surface area is 227 Å². The molecule has 1 amide bonds. The number of aliphatic imine (C=N–C) groups is 1. The number of thiophene rings is 1. The third-order valence-electron chi connectivity index (χ3n) is 7.44. The highest BCUT2D eigenvalue weighted by Crippen LogP contribution is 2.42. The van der Waals surface area contributed by atoms with Gasteiger partial charge >= 0.3 is 0 Å². The van der Waals surface area contributed by atoms with Crippen molar-refractivity contribution in [2.24, 2.45) is 4.99 Å². The fraction of sp³-hybridized carbons (Fsp3) is 0.481. The monoisotopic (exact) mass is 539 g/mol. The number of carbonyl (C=O) groups excluding carboxylic acids is 1. The summed E-state index contributed by atoms with van der Waals surface area (Å²) in [6.07, 6.45) is 0.179. The maximum absolute atomic E-state index is 13.3. The van der Waals surface area contributed by atoms with Crippen molar-refractivity contribution in [3.8, 4) is 5.00 Å². The van der Waals surface area contributed by atoms with Crippen LogP contribution in [-0.2, 0) is 10.3 Å². The Morgan fingerprint density at radius 3 is 2.51 bits per heavy atom. The number of hydrogen-bond donors (Lipinski definition) is 1. The van der Waals surface area contributed by atoms with Gasteiger partial charge in [-0.2, -0.15) is 0 Å². The average Bonchev–Trinajstić information content (AvgIpc) is 3.35. The fourth-order valence-corrected chi connectivity index (χ4v) is 6.42. The number of benzene rings is 1. The molecule has 10 heteroatoms. The molecule has 2 aliphatic heterocycles. The summed E-state index contributed by atoms with van der Waals surface area (Å²) in [6.45, 7) is 13.8. The molecule has 3 aromatic rings. The lowest BCUT2D eigenvalue weighted by Crippen LogP contribution is -2.47. The summed E-state index contributed by atoms with van der Waals surface area (Å²) in [5.74, 6) is 1.43. The maximum Gasteiger partial charge on any atom is 0.222 e. The largest absolute Gasteiger partial charge is 0.355 e. The molecule has 1 atom stereocenters. The van der Waals surface area contributed by atoms with Crippen molar-refractivity contribution in [1.82, 2.24) is 29.9 Å². The van der Waals surface area contributed by atoms with Crippen molar-refractivity contribution in [2.75, 3.05) is 46.3 Å². The number of hydrogen-bond acceptors (Lipinski definition) is 7. The summed E-state index contributed by atoms with van der Waals surface area (Å²) in [6, 6.07) is 7.75. The van der Waals surface area contributed by atoms with E-state index in [4.69, 9.17) is 16.6 Å². The van der Waals surface area contributed by atoms with Crippen LogP contribution in [0.4, 0.5) is 0 Å². The molecule has 2 aliphatic rings. The third kappa shape index (κ3) is 5.10. The standard InChI is InChI=1S/C27H34ClN7OS/c1-17-18(2)37-25-23(17)24(20-6-8-21(28)9-7-20)30-27(4,26-32-31-19(3)35(25)26)16-22(36)29-10-11-34-14-12-33(5)13-15-34/h6-9H,10-16H2,1-5H3,(H,29,36)/t27-/m0/s1. The highest BCUT2D eigenvalue weighted by atomic mass is 35.5. The van der Waals surface area contributed by atoms with Crippen molar-refractivity contribution in [1.29, 1.82) is 0 Å². The molecule has 1 N–H and O–H groups in total. The summed E-state index contributed by atoms with van der Waals surface area (Å²) < 4.78 is 2.09. The molecule has 5 rings (SSSR count). The quantitative estimate of drug-likeness (QED) is 0.516. The van der Waals surface area contributed by atoms with Gasteiger partial charge in [-0.3, -0.25) is 19.3 Å². The van der Waals surface area contributed by atoms with E-state index in [0.29, 0.717) is 17.4 Å². The molecule has 1 aromatic carbocycles. The number of likely N-dealkylation sites (N-methyl/N-ethyl adjacent to an activating group) is 1. The SMILES string of the molecule is Cc1sc2c(c1C)C(c1ccc(Cl)cc1)=N[C@@](C)(CC(=O)NCCN1CCN(C)CC1)c1nnc(C)n1-2. The van der Waals surface area contributed by atoms with Gasteiger partial charge in [0.2, 0.25) is 5.91 Å². The van der Waals surface area contributed by atoms with Crippen LogP contribution in [0.15, 0.2) is 29.3 Å². The average molecular weight is 540 g/mol. The van der Waals surface area contributed by atoms with Crippen molar-refractivity contribution in [3.63, 3.8) is 0 Å². The van der Waals surface area contributed by atoms with E-state index in [2.05, 4.69) is 50.8 Å². The Morgan fingerprint density at radius 2 is 1.81 bits per heavy atom. The predicted octanol–water partition coefficient (Wildman–Crippen LogP) is 3.73. The molecule has 4 heterocycles. The number of fused-ring (bicyclic) bond motifs is 3. The molecule has 0 aliphatic carbocycles. The van der Waals surface area contributed by atoms with Crippen LogP contribution in [0.1, 0.15) is 46.6 Å². The zero-order chi connectivity index (χ0) is 26.3. The van der Waals surface area contributed by atoms with Gasteiger partial charge in [-0.25, -0.2) is 0 Å². The van der Waals surface area contributed by atoms with Crippen LogP contribution in [0, 0.1) is 20.8 Å². The first-order valence-electron chi connectivity index (χ1n) is 12.7. The molecule has 8 nitrogen and oxygen atoms in total. The Hall–Kier alpha value is -2.59. The van der Waals surface area contributed by atoms with Gasteiger partial charge in [-0.15, -0.1) is 21.5 Å². The van der Waals surface area contributed by atoms with Gasteiger partial charge in [0.05, 0.1) is 12.1 Å². The number of nitrogens with one attached hydrogen (secondary N) is 1. The number of aryl methyl sites for hydroxylation is 2. The van der Waals surface area contributed by atoms with Gasteiger partial charge < -0.3 is 10.2 Å². The third-order valence-corrected chi connectivity index (χ3v) is 8.88. The van der Waals surface area contributed by atoms with Gasteiger partial charge in [0.25, 0.3) is 0 Å². The first-order chi connectivity index (χ1) is 17.7. The summed E-state index contributed by atoms with van der Waals surface area (Å²) >= 11 is 7.92. The van der Waals surface area contributed by atoms with Gasteiger partial charge in [0.1, 0.15) is 16.4 Å². The van der Waals surface area contributed by atoms with Crippen LogP contribution in [0.3, 0.4) is 0 Å². The van der Waals surface area contributed by atoms with E-state index in [1.54, 1.807) is 11.3 Å². The minimum absolute atomic E-state index is 0.0406. The van der Waals surface area contributed by atoms with Gasteiger partial charge in [0.15, 0.2) is 5.82 Å². The van der Waals surface area contributed by atoms with E-state index in [0.717, 1.165) is 60.4 Å². The van der Waals surface area contributed by atoms with E-state index < -0.39 is 5.54 Å². The van der Waals surface area contributed by atoms with Crippen LogP contribution >= 0.6 is 22.9 Å². The number of aromatic nitrogens is 3. The topological polar surface area (TPSA) is 78.7 Å². The molecule has 37 heavy (non-hydrogen) atoms. The molecule has 0 saturated carbocycles. The number of nitrogens with zero attached hydrogens (tertiary/aromatic N) is 6. The number of rotatable bonds is 6. The lowest BCUT2D eigenvalue weighted by Gasteiger charge is -2.32. The maximum atomic E-state index is 13.3. The molecule has 0 spiro atoms. The highest BCUT2D eigenvalue weighted by Gasteiger charge is 2.40. The fourth-order valence-electron chi connectivity index (χ4n) is 5.09. The Kier molecular flexibility index (Phi) is 7.24. The van der Waals surface area contributed by atoms with Crippen molar-refractivity contribution >= 4 is 34.6 Å². The lowest BCUT2D eigenvalue weighted by atomic mass is 9.95. The van der Waals surface area contributed by atoms with Crippen LogP contribution in [0.5, 0.6) is 0 Å². The molecule has 0 bridgehead atoms. The summed E-state index contributed by atoms with van der Waals surface area (Å²) in [4.78, 5) is 24.5. The molecule has 1 saturated heterocycles. The van der Waals surface area contributed by atoms with Crippen LogP contribution < -0.4 is 5.32 Å². The van der Waals surface area contributed by atoms with Gasteiger partial charge in [-0.1, -0.05) is 23.7 Å². The second kappa shape index (κ2) is 10.3. The Morgan fingerprint density at radius 1 is 1.11 bits per heavy atom. The minimum Gasteiger partial charge on any atom is -0.355 e. The van der Waals surface area contributed by atoms with E-state index in [1.807, 2.05) is 38.1 Å². The Balaban J connectivity index is 1.48. The lowest BCUT2D eigenvalue weighted by molar-refractivity contribution is -0.122. The van der Waals surface area contributed by atoms with Crippen molar-refractivity contribution < 1.29 is 4.79 Å². The summed E-state index contributed by atoms with van der Waals surface area (Å²) in [5.41, 5.74) is 3.16. The molecule has 0 radical (unpaired) electrons. The van der Waals surface area contributed by atoms with Crippen LogP contribution in [-0.4, -0.2) is 82.5 Å². The minimum atomic E-state index is -0.896. The molecule has 196 valence electrons. The van der Waals surface area contributed by atoms with E-state index >= 15 is 0 Å². The van der Waals surface area contributed by atoms with E-state index in [1.165, 1.54) is 10.4 Å². The van der Waals surface area contributed by atoms with Crippen LogP contribution in [0.25, 0.3) is 5.00 Å². The zero-order valence-electron chi connectivity index (χ0n) is 22.1. The molecule has 0 unspecified atom stereocenters. The Bertz CT molecular complexity index is 1340. The number of carbonyl (C=O) groups is 1. The first kappa shape index (κ1) is 26.0. The van der Waals surface area contributed by atoms with E-state index in [-0.39, 0.29) is 12.3 Å². The highest BCUT2D eigenvalue weighted by molar-refractivity contribution is 7.15. The predicted molar refractivity (Wildman–Crippen MR) is 149 cm³/mol. The second-order valence-corrected chi connectivity index (χ2v) is 11.9. The number of halogens is 1. The van der Waals surface area contributed by atoms with E-state index in [9.17, 15) is 4.79 Å². The van der Waals surface area contributed by atoms with Crippen LogP contribution in [0.2, 0.25) is 5.02 Å². The molecular formula is C27H34ClN7OS. The molecule has 2 aromatic heterocycles. The summed E-state index contributed by atoms with van der Waals surface area (Å²) in [5, 5.41) is 13.8. The normalized spacial score (nSPS) is 20.2. The summed E-state index contributed by atoms with van der Waals surface area (Å²) in [7, 11) is 2.15. The number of amides is 1. The molecule has 1 fully saturated rings. The first-order valence-corrected chi connectivity index (χ1v) is 13.9. The second-order valence-electron chi connectivity index (χ2n) is 10.3. The number of piperazine rings is 1. The smallest absolute Gasteiger partial charge is 0.222 e. The molecular weight excluding hydrogens is 506 g/mol. The van der Waals surface area contributed by atoms with Crippen molar-refractivity contribution in [3.05, 3.63) is 62.5 Å². The van der Waals surface area contributed by atoms with Crippen molar-refractivity contribution in [2.45, 2.75) is 39.7 Å². The zero-order valence-corrected chi connectivity index (χ0v) is 23.7. The van der Waals surface area contributed by atoms with Gasteiger partial charge in [-0.05, 0) is 52.4 Å².